The van der Waals surface area contributed by atoms with Gasteiger partial charge in [-0.1, -0.05) is 48.1 Å². The van der Waals surface area contributed by atoms with Crippen LogP contribution < -0.4 is 5.14 Å². The Morgan fingerprint density at radius 3 is 2.33 bits per heavy atom. The van der Waals surface area contributed by atoms with Gasteiger partial charge in [-0.15, -0.1) is 0 Å². The zero-order valence-corrected chi connectivity index (χ0v) is 14.6. The molecule has 0 saturated carbocycles. The van der Waals surface area contributed by atoms with Crippen LogP contribution >= 0.6 is 34.8 Å². The summed E-state index contributed by atoms with van der Waals surface area (Å²) in [6.45, 7) is 2.47. The number of nitrogens with two attached hydrogens (primary N) is 1. The highest BCUT2D eigenvalue weighted by atomic mass is 35.5. The second kappa shape index (κ2) is 7.15. The monoisotopic (exact) mass is 372 g/mol. The fourth-order valence-electron chi connectivity index (χ4n) is 1.66. The highest BCUT2D eigenvalue weighted by Crippen LogP contribution is 2.36. The number of carbonyl (C=O) groups is 1. The maximum atomic E-state index is 12.4. The summed E-state index contributed by atoms with van der Waals surface area (Å²) in [5, 5.41) is 4.55. The Balaban J connectivity index is 3.42. The van der Waals surface area contributed by atoms with E-state index in [9.17, 15) is 13.2 Å². The molecule has 0 saturated heterocycles. The quantitative estimate of drug-likeness (QED) is 0.805. The van der Waals surface area contributed by atoms with Gasteiger partial charge in [-0.25, -0.2) is 13.6 Å². The maximum Gasteiger partial charge on any atom is 0.256 e. The number of benzene rings is 1. The number of nitrogens with zero attached hydrogens (tertiary/aromatic N) is 1. The normalized spacial score (nSPS) is 11.5. The lowest BCUT2D eigenvalue weighted by atomic mass is 10.2. The van der Waals surface area contributed by atoms with Crippen molar-refractivity contribution >= 4 is 50.7 Å². The minimum atomic E-state index is -4.12. The van der Waals surface area contributed by atoms with E-state index >= 15 is 0 Å². The number of halogens is 3. The Morgan fingerprint density at radius 2 is 1.86 bits per heavy atom. The zero-order chi connectivity index (χ0) is 16.4. The number of amides is 1. The molecule has 1 amide bonds. The van der Waals surface area contributed by atoms with E-state index in [4.69, 9.17) is 39.9 Å². The Morgan fingerprint density at radius 1 is 1.29 bits per heavy atom. The molecule has 1 rings (SSSR count). The van der Waals surface area contributed by atoms with E-state index in [-0.39, 0.29) is 20.6 Å². The molecule has 0 heterocycles. The number of hydrogen-bond donors (Lipinski definition) is 1. The van der Waals surface area contributed by atoms with Crippen molar-refractivity contribution in [2.24, 2.45) is 5.14 Å². The van der Waals surface area contributed by atoms with Gasteiger partial charge in [-0.2, -0.15) is 0 Å². The van der Waals surface area contributed by atoms with Gasteiger partial charge >= 0.3 is 0 Å². The van der Waals surface area contributed by atoms with Crippen LogP contribution in [0.2, 0.25) is 15.1 Å². The van der Waals surface area contributed by atoms with Crippen LogP contribution in [-0.4, -0.2) is 32.8 Å². The lowest BCUT2D eigenvalue weighted by molar-refractivity contribution is 0.0793. The third-order valence-electron chi connectivity index (χ3n) is 2.84. The van der Waals surface area contributed by atoms with Crippen LogP contribution in [0.25, 0.3) is 0 Å². The van der Waals surface area contributed by atoms with Gasteiger partial charge in [0.25, 0.3) is 5.91 Å². The second-order valence-corrected chi connectivity index (χ2v) is 7.18. The van der Waals surface area contributed by atoms with Gasteiger partial charge in [0.15, 0.2) is 0 Å². The molecule has 1 aromatic carbocycles. The van der Waals surface area contributed by atoms with Crippen LogP contribution in [0.4, 0.5) is 0 Å². The lowest BCUT2D eigenvalue weighted by Crippen LogP contribution is -2.29. The van der Waals surface area contributed by atoms with Gasteiger partial charge < -0.3 is 4.90 Å². The fourth-order valence-corrected chi connectivity index (χ4v) is 3.40. The lowest BCUT2D eigenvalue weighted by Gasteiger charge is -2.19. The molecule has 0 aliphatic carbocycles. The molecular weight excluding hydrogens is 359 g/mol. The summed E-state index contributed by atoms with van der Waals surface area (Å²) in [4.78, 5) is 13.4. The van der Waals surface area contributed by atoms with E-state index in [1.807, 2.05) is 6.92 Å². The molecule has 0 unspecified atom stereocenters. The average molecular weight is 374 g/mol. The molecule has 9 heteroatoms. The van der Waals surface area contributed by atoms with E-state index in [1.165, 1.54) is 4.90 Å². The van der Waals surface area contributed by atoms with E-state index < -0.39 is 20.8 Å². The van der Waals surface area contributed by atoms with Gasteiger partial charge in [0.05, 0.1) is 20.6 Å². The summed E-state index contributed by atoms with van der Waals surface area (Å²) >= 11 is 17.9. The van der Waals surface area contributed by atoms with Crippen molar-refractivity contribution in [1.82, 2.24) is 4.90 Å². The number of sulfonamides is 1. The van der Waals surface area contributed by atoms with Crippen molar-refractivity contribution in [1.29, 1.82) is 0 Å². The molecule has 2 N–H and O–H groups in total. The van der Waals surface area contributed by atoms with Crippen LogP contribution in [0.1, 0.15) is 30.1 Å². The Kier molecular flexibility index (Phi) is 6.31. The van der Waals surface area contributed by atoms with E-state index in [2.05, 4.69) is 0 Å². The first-order valence-electron chi connectivity index (χ1n) is 6.07. The van der Waals surface area contributed by atoms with Crippen molar-refractivity contribution < 1.29 is 13.2 Å². The fraction of sp³-hybridized carbons (Fsp3) is 0.417. The molecule has 0 radical (unpaired) electrons. The van der Waals surface area contributed by atoms with Crippen LogP contribution in [0.5, 0.6) is 0 Å². The Hall–Kier alpha value is -0.530. The molecule has 0 bridgehead atoms. The zero-order valence-electron chi connectivity index (χ0n) is 11.5. The standard InChI is InChI=1S/C12H15Cl3N2O3S/c1-3-4-5-17(2)12(18)9-10(14)7(13)6-8(11(9)15)21(16,19)20/h6H,3-5H2,1-2H3,(H2,16,19,20). The van der Waals surface area contributed by atoms with E-state index in [0.717, 1.165) is 18.9 Å². The highest BCUT2D eigenvalue weighted by molar-refractivity contribution is 7.89. The van der Waals surface area contributed by atoms with Crippen molar-refractivity contribution in [2.45, 2.75) is 24.7 Å². The molecule has 118 valence electrons. The number of carbonyl (C=O) groups excluding carboxylic acids is 1. The second-order valence-electron chi connectivity index (χ2n) is 4.48. The first kappa shape index (κ1) is 18.5. The maximum absolute atomic E-state index is 12.4. The van der Waals surface area contributed by atoms with Gasteiger partial charge in [-0.3, -0.25) is 4.79 Å². The van der Waals surface area contributed by atoms with Gasteiger partial charge in [0.1, 0.15) is 4.90 Å². The molecule has 21 heavy (non-hydrogen) atoms. The molecule has 0 aliphatic heterocycles. The Bertz CT molecular complexity index is 662. The predicted molar refractivity (Wildman–Crippen MR) is 84.7 cm³/mol. The van der Waals surface area contributed by atoms with Crippen LogP contribution in [0.3, 0.4) is 0 Å². The summed E-state index contributed by atoms with van der Waals surface area (Å²) in [6.07, 6.45) is 1.69. The molecule has 0 spiro atoms. The summed E-state index contributed by atoms with van der Waals surface area (Å²) in [6, 6.07) is 1.03. The molecular formula is C12H15Cl3N2O3S. The predicted octanol–water partition coefficient (Wildman–Crippen LogP) is 3.17. The number of rotatable bonds is 5. The summed E-state index contributed by atoms with van der Waals surface area (Å²) < 4.78 is 23.0. The molecule has 5 nitrogen and oxygen atoms in total. The van der Waals surface area contributed by atoms with Crippen molar-refractivity contribution in [3.63, 3.8) is 0 Å². The number of primary sulfonamides is 1. The molecule has 0 atom stereocenters. The highest BCUT2D eigenvalue weighted by Gasteiger charge is 2.27. The van der Waals surface area contributed by atoms with Crippen LogP contribution in [0, 0.1) is 0 Å². The minimum absolute atomic E-state index is 0.0950. The molecule has 0 aromatic heterocycles. The largest absolute Gasteiger partial charge is 0.342 e. The number of unbranched alkanes of at least 4 members (excludes halogenated alkanes) is 1. The third-order valence-corrected chi connectivity index (χ3v) is 5.06. The topological polar surface area (TPSA) is 80.5 Å². The van der Waals surface area contributed by atoms with E-state index in [1.54, 1.807) is 7.05 Å². The molecule has 1 aromatic rings. The van der Waals surface area contributed by atoms with Crippen molar-refractivity contribution in [3.8, 4) is 0 Å². The van der Waals surface area contributed by atoms with Crippen LogP contribution in [0.15, 0.2) is 11.0 Å². The van der Waals surface area contributed by atoms with Crippen molar-refractivity contribution in [3.05, 3.63) is 26.7 Å². The summed E-state index contributed by atoms with van der Waals surface area (Å²) in [7, 11) is -2.55. The van der Waals surface area contributed by atoms with E-state index in [0.29, 0.717) is 6.54 Å². The molecule has 0 aliphatic rings. The average Bonchev–Trinajstić information content (AvgIpc) is 2.38. The first-order chi connectivity index (χ1) is 9.61. The summed E-state index contributed by atoms with van der Waals surface area (Å²) in [5.74, 6) is -0.508. The summed E-state index contributed by atoms with van der Waals surface area (Å²) in [5.41, 5.74) is -0.159. The first-order valence-corrected chi connectivity index (χ1v) is 8.75. The Labute approximate surface area is 139 Å². The molecule has 0 fully saturated rings. The number of hydrogen-bond acceptors (Lipinski definition) is 3. The van der Waals surface area contributed by atoms with Gasteiger partial charge in [0, 0.05) is 13.6 Å². The van der Waals surface area contributed by atoms with Crippen molar-refractivity contribution in [2.75, 3.05) is 13.6 Å². The smallest absolute Gasteiger partial charge is 0.256 e. The van der Waals surface area contributed by atoms with Crippen LogP contribution in [-0.2, 0) is 10.0 Å². The van der Waals surface area contributed by atoms with Gasteiger partial charge in [0.2, 0.25) is 10.0 Å². The van der Waals surface area contributed by atoms with Gasteiger partial charge in [-0.05, 0) is 12.5 Å². The SMILES string of the molecule is CCCCN(C)C(=O)c1c(Cl)c(Cl)cc(S(N)(=O)=O)c1Cl. The third kappa shape index (κ3) is 4.23. The minimum Gasteiger partial charge on any atom is -0.342 e.